The van der Waals surface area contributed by atoms with Gasteiger partial charge in [-0.15, -0.1) is 0 Å². The van der Waals surface area contributed by atoms with Gasteiger partial charge >= 0.3 is 0 Å². The number of aromatic nitrogens is 1. The van der Waals surface area contributed by atoms with Crippen LogP contribution in [0.4, 0.5) is 0 Å². The van der Waals surface area contributed by atoms with Crippen molar-refractivity contribution < 1.29 is 0 Å². The van der Waals surface area contributed by atoms with E-state index in [-0.39, 0.29) is 0 Å². The Balaban J connectivity index is 2.85. The Morgan fingerprint density at radius 2 is 1.82 bits per heavy atom. The van der Waals surface area contributed by atoms with Crippen LogP contribution in [-0.2, 0) is 7.05 Å². The molecule has 0 saturated carbocycles. The van der Waals surface area contributed by atoms with Gasteiger partial charge in [-0.05, 0) is 57.5 Å². The fraction of sp³-hybridized carbons (Fsp3) is 0.467. The Hall–Kier alpha value is -1.28. The van der Waals surface area contributed by atoms with E-state index >= 15 is 0 Å². The van der Waals surface area contributed by atoms with Crippen LogP contribution < -0.4 is 5.32 Å². The van der Waals surface area contributed by atoms with Crippen molar-refractivity contribution in [1.82, 2.24) is 9.88 Å². The number of nitrogens with one attached hydrogen (secondary N) is 1. The molecule has 0 spiro atoms. The minimum atomic E-state index is 0.382. The highest BCUT2D eigenvalue weighted by Gasteiger charge is 2.17. The Bertz CT molecular complexity index is 564. The second-order valence-electron chi connectivity index (χ2n) is 5.06. The van der Waals surface area contributed by atoms with Crippen LogP contribution in [0.25, 0.3) is 10.9 Å². The quantitative estimate of drug-likeness (QED) is 0.837. The predicted octanol–water partition coefficient (Wildman–Crippen LogP) is 3.38. The van der Waals surface area contributed by atoms with Gasteiger partial charge < -0.3 is 9.88 Å². The second-order valence-corrected chi connectivity index (χ2v) is 5.06. The third kappa shape index (κ3) is 1.77. The summed E-state index contributed by atoms with van der Waals surface area (Å²) in [5.41, 5.74) is 6.84. The summed E-state index contributed by atoms with van der Waals surface area (Å²) in [4.78, 5) is 0. The summed E-state index contributed by atoms with van der Waals surface area (Å²) < 4.78 is 2.33. The number of hydrogen-bond acceptors (Lipinski definition) is 1. The molecule has 17 heavy (non-hydrogen) atoms. The minimum Gasteiger partial charge on any atom is -0.346 e. The van der Waals surface area contributed by atoms with Crippen molar-refractivity contribution in [2.24, 2.45) is 7.05 Å². The van der Waals surface area contributed by atoms with E-state index in [0.29, 0.717) is 6.04 Å². The number of rotatable bonds is 2. The largest absolute Gasteiger partial charge is 0.346 e. The van der Waals surface area contributed by atoms with Gasteiger partial charge in [-0.25, -0.2) is 0 Å². The Labute approximate surface area is 104 Å². The van der Waals surface area contributed by atoms with E-state index in [1.807, 2.05) is 7.05 Å². The lowest BCUT2D eigenvalue weighted by Gasteiger charge is -2.13. The van der Waals surface area contributed by atoms with Crippen molar-refractivity contribution in [3.05, 3.63) is 34.5 Å². The average Bonchev–Trinajstić information content (AvgIpc) is 2.50. The monoisotopic (exact) mass is 230 g/mol. The zero-order chi connectivity index (χ0) is 12.7. The molecule has 0 aliphatic heterocycles. The predicted molar refractivity (Wildman–Crippen MR) is 74.6 cm³/mol. The molecule has 1 heterocycles. The maximum atomic E-state index is 3.34. The van der Waals surface area contributed by atoms with Crippen molar-refractivity contribution in [3.63, 3.8) is 0 Å². The van der Waals surface area contributed by atoms with Gasteiger partial charge in [-0.1, -0.05) is 6.07 Å². The van der Waals surface area contributed by atoms with Crippen molar-refractivity contribution in [3.8, 4) is 0 Å². The van der Waals surface area contributed by atoms with E-state index in [2.05, 4.69) is 56.8 Å². The zero-order valence-corrected chi connectivity index (χ0v) is 11.7. The van der Waals surface area contributed by atoms with E-state index in [4.69, 9.17) is 0 Å². The summed E-state index contributed by atoms with van der Waals surface area (Å²) >= 11 is 0. The summed E-state index contributed by atoms with van der Waals surface area (Å²) in [5.74, 6) is 0. The van der Waals surface area contributed by atoms with Crippen LogP contribution in [0.1, 0.15) is 35.3 Å². The molecule has 0 aliphatic rings. The molecule has 2 aromatic rings. The Kier molecular flexibility index (Phi) is 3.00. The molecule has 0 saturated heterocycles. The highest BCUT2D eigenvalue weighted by Crippen LogP contribution is 2.31. The van der Waals surface area contributed by atoms with Crippen molar-refractivity contribution in [2.45, 2.75) is 33.7 Å². The van der Waals surface area contributed by atoms with Crippen molar-refractivity contribution >= 4 is 10.9 Å². The fourth-order valence-electron chi connectivity index (χ4n) is 2.96. The van der Waals surface area contributed by atoms with Crippen LogP contribution in [0.15, 0.2) is 12.1 Å². The molecule has 1 aromatic heterocycles. The van der Waals surface area contributed by atoms with Gasteiger partial charge in [0.2, 0.25) is 0 Å². The maximum absolute atomic E-state index is 3.34. The summed E-state index contributed by atoms with van der Waals surface area (Å²) in [6, 6.07) is 4.93. The van der Waals surface area contributed by atoms with Gasteiger partial charge in [0.15, 0.2) is 0 Å². The SMILES string of the molecule is CNC(C)c1c(C)c2c(C)cc(C)cc2n1C. The molecule has 0 bridgehead atoms. The molecule has 0 fully saturated rings. The van der Waals surface area contributed by atoms with Gasteiger partial charge in [-0.2, -0.15) is 0 Å². The van der Waals surface area contributed by atoms with Gasteiger partial charge in [0.25, 0.3) is 0 Å². The summed E-state index contributed by atoms with van der Waals surface area (Å²) in [6.45, 7) is 8.81. The first kappa shape index (κ1) is 12.2. The number of aryl methyl sites for hydroxylation is 4. The number of hydrogen-bond donors (Lipinski definition) is 1. The molecular weight excluding hydrogens is 208 g/mol. The lowest BCUT2D eigenvalue weighted by Crippen LogP contribution is -2.16. The van der Waals surface area contributed by atoms with Crippen LogP contribution >= 0.6 is 0 Å². The summed E-state index contributed by atoms with van der Waals surface area (Å²) in [6.07, 6.45) is 0. The molecule has 0 radical (unpaired) electrons. The molecule has 0 amide bonds. The van der Waals surface area contributed by atoms with E-state index in [1.54, 1.807) is 0 Å². The number of benzene rings is 1. The van der Waals surface area contributed by atoms with Crippen LogP contribution in [-0.4, -0.2) is 11.6 Å². The highest BCUT2D eigenvalue weighted by molar-refractivity contribution is 5.89. The molecule has 1 unspecified atom stereocenters. The van der Waals surface area contributed by atoms with E-state index < -0.39 is 0 Å². The summed E-state index contributed by atoms with van der Waals surface area (Å²) in [7, 11) is 4.18. The number of nitrogens with zero attached hydrogens (tertiary/aromatic N) is 1. The summed E-state index contributed by atoms with van der Waals surface area (Å²) in [5, 5.41) is 4.75. The average molecular weight is 230 g/mol. The second kappa shape index (κ2) is 4.19. The standard InChI is InChI=1S/C15H22N2/c1-9-7-10(2)14-11(3)15(12(4)16-5)17(6)13(14)8-9/h7-8,12,16H,1-6H3. The normalized spacial score (nSPS) is 13.3. The van der Waals surface area contributed by atoms with Gasteiger partial charge in [-0.3, -0.25) is 0 Å². The zero-order valence-electron chi connectivity index (χ0n) is 11.7. The topological polar surface area (TPSA) is 17.0 Å². The molecule has 92 valence electrons. The molecule has 0 aliphatic carbocycles. The smallest absolute Gasteiger partial charge is 0.0488 e. The van der Waals surface area contributed by atoms with Crippen LogP contribution in [0, 0.1) is 20.8 Å². The fourth-order valence-corrected chi connectivity index (χ4v) is 2.96. The third-order valence-corrected chi connectivity index (χ3v) is 3.78. The first-order chi connectivity index (χ1) is 7.97. The lowest BCUT2D eigenvalue weighted by atomic mass is 10.0. The molecule has 1 N–H and O–H groups in total. The van der Waals surface area contributed by atoms with Crippen LogP contribution in [0.5, 0.6) is 0 Å². The van der Waals surface area contributed by atoms with Gasteiger partial charge in [0.05, 0.1) is 0 Å². The molecule has 2 heteroatoms. The van der Waals surface area contributed by atoms with Crippen molar-refractivity contribution in [2.75, 3.05) is 7.05 Å². The van der Waals surface area contributed by atoms with E-state index in [0.717, 1.165) is 0 Å². The molecule has 2 nitrogen and oxygen atoms in total. The van der Waals surface area contributed by atoms with Crippen molar-refractivity contribution in [1.29, 1.82) is 0 Å². The van der Waals surface area contributed by atoms with E-state index in [1.165, 1.54) is 33.3 Å². The Morgan fingerprint density at radius 1 is 1.18 bits per heavy atom. The molecule has 2 rings (SSSR count). The molecule has 1 aromatic carbocycles. The Morgan fingerprint density at radius 3 is 2.41 bits per heavy atom. The molecule has 1 atom stereocenters. The van der Waals surface area contributed by atoms with Crippen LogP contribution in [0.3, 0.4) is 0 Å². The lowest BCUT2D eigenvalue weighted by molar-refractivity contribution is 0.605. The minimum absolute atomic E-state index is 0.382. The van der Waals surface area contributed by atoms with E-state index in [9.17, 15) is 0 Å². The first-order valence-corrected chi connectivity index (χ1v) is 6.20. The van der Waals surface area contributed by atoms with Gasteiger partial charge in [0, 0.05) is 29.7 Å². The van der Waals surface area contributed by atoms with Crippen LogP contribution in [0.2, 0.25) is 0 Å². The number of fused-ring (bicyclic) bond motifs is 1. The maximum Gasteiger partial charge on any atom is 0.0488 e. The highest BCUT2D eigenvalue weighted by atomic mass is 15.0. The van der Waals surface area contributed by atoms with Gasteiger partial charge in [0.1, 0.15) is 0 Å². The first-order valence-electron chi connectivity index (χ1n) is 6.20. The molecular formula is C15H22N2. The third-order valence-electron chi connectivity index (χ3n) is 3.78.